The molecule has 174 valence electrons. The number of aryl methyl sites for hydroxylation is 1. The molecule has 5 rings (SSSR count). The lowest BCUT2D eigenvalue weighted by Gasteiger charge is -2.28. The van der Waals surface area contributed by atoms with Crippen molar-refractivity contribution in [3.05, 3.63) is 59.1 Å². The predicted molar refractivity (Wildman–Crippen MR) is 134 cm³/mol. The van der Waals surface area contributed by atoms with E-state index in [1.165, 1.54) is 17.5 Å². The number of rotatable bonds is 5. The molecule has 8 nitrogen and oxygen atoms in total. The molecule has 1 aliphatic heterocycles. The maximum absolute atomic E-state index is 13.3. The summed E-state index contributed by atoms with van der Waals surface area (Å²) >= 11 is 7.57. The Labute approximate surface area is 205 Å². The number of pyridine rings is 2. The van der Waals surface area contributed by atoms with Crippen molar-refractivity contribution in [3.63, 3.8) is 0 Å². The number of hydrogen-bond donors (Lipinski definition) is 1. The molecule has 0 saturated carbocycles. The molecule has 1 aliphatic rings. The number of nitrogens with one attached hydrogen (secondary N) is 1. The van der Waals surface area contributed by atoms with Gasteiger partial charge in [-0.15, -0.1) is 0 Å². The minimum Gasteiger partial charge on any atom is -0.494 e. The molecule has 0 bridgehead atoms. The molecule has 1 amide bonds. The van der Waals surface area contributed by atoms with Crippen molar-refractivity contribution in [2.75, 3.05) is 43.6 Å². The highest BCUT2D eigenvalue weighted by Crippen LogP contribution is 2.35. The highest BCUT2D eigenvalue weighted by atomic mass is 35.5. The summed E-state index contributed by atoms with van der Waals surface area (Å²) in [5, 5.41) is 3.76. The van der Waals surface area contributed by atoms with Crippen molar-refractivity contribution in [3.8, 4) is 16.9 Å². The van der Waals surface area contributed by atoms with Crippen LogP contribution in [0.4, 0.5) is 10.8 Å². The van der Waals surface area contributed by atoms with Gasteiger partial charge in [0.25, 0.3) is 5.91 Å². The molecule has 1 fully saturated rings. The van der Waals surface area contributed by atoms with Crippen LogP contribution in [-0.4, -0.2) is 54.3 Å². The third-order valence-corrected chi connectivity index (χ3v) is 6.74. The number of benzene rings is 1. The maximum atomic E-state index is 13.3. The lowest BCUT2D eigenvalue weighted by atomic mass is 10.0. The van der Waals surface area contributed by atoms with Crippen molar-refractivity contribution >= 4 is 49.9 Å². The van der Waals surface area contributed by atoms with Crippen molar-refractivity contribution in [1.29, 1.82) is 0 Å². The Kier molecular flexibility index (Phi) is 6.32. The fourth-order valence-electron chi connectivity index (χ4n) is 3.90. The van der Waals surface area contributed by atoms with Gasteiger partial charge in [-0.2, -0.15) is 0 Å². The fourth-order valence-corrected chi connectivity index (χ4v) is 4.96. The lowest BCUT2D eigenvalue weighted by molar-refractivity contribution is 0.102. The number of ether oxygens (including phenoxy) is 2. The molecule has 3 aromatic heterocycles. The van der Waals surface area contributed by atoms with Crippen LogP contribution in [0.1, 0.15) is 16.1 Å². The summed E-state index contributed by atoms with van der Waals surface area (Å²) in [6, 6.07) is 9.65. The zero-order valence-corrected chi connectivity index (χ0v) is 20.2. The average molecular weight is 496 g/mol. The van der Waals surface area contributed by atoms with E-state index in [-0.39, 0.29) is 5.91 Å². The van der Waals surface area contributed by atoms with Crippen LogP contribution >= 0.6 is 22.9 Å². The summed E-state index contributed by atoms with van der Waals surface area (Å²) < 4.78 is 11.9. The van der Waals surface area contributed by atoms with Crippen molar-refractivity contribution in [1.82, 2.24) is 15.0 Å². The molecule has 34 heavy (non-hydrogen) atoms. The SMILES string of the molecule is COc1cnc(Cl)cc1-c1cc(C)ncc1C(=O)Nc1nc2ccc(N3CCOCC3)cc2s1. The van der Waals surface area contributed by atoms with Crippen LogP contribution in [0.2, 0.25) is 5.15 Å². The van der Waals surface area contributed by atoms with E-state index in [1.807, 2.05) is 19.1 Å². The first-order chi connectivity index (χ1) is 16.5. The van der Waals surface area contributed by atoms with Gasteiger partial charge in [0.1, 0.15) is 10.9 Å². The van der Waals surface area contributed by atoms with E-state index in [0.29, 0.717) is 32.7 Å². The van der Waals surface area contributed by atoms with E-state index in [1.54, 1.807) is 19.4 Å². The molecule has 4 aromatic rings. The summed E-state index contributed by atoms with van der Waals surface area (Å²) in [5.41, 5.74) is 4.43. The Morgan fingerprint density at radius 1 is 1.15 bits per heavy atom. The number of fused-ring (bicyclic) bond motifs is 1. The van der Waals surface area contributed by atoms with Gasteiger partial charge in [0.05, 0.1) is 42.3 Å². The monoisotopic (exact) mass is 495 g/mol. The van der Waals surface area contributed by atoms with Crippen LogP contribution in [0, 0.1) is 6.92 Å². The van der Waals surface area contributed by atoms with Crippen molar-refractivity contribution in [2.45, 2.75) is 6.92 Å². The van der Waals surface area contributed by atoms with Crippen LogP contribution < -0.4 is 15.0 Å². The first kappa shape index (κ1) is 22.5. The zero-order valence-electron chi connectivity index (χ0n) is 18.7. The van der Waals surface area contributed by atoms with Gasteiger partial charge in [-0.05, 0) is 37.3 Å². The second kappa shape index (κ2) is 9.54. The predicted octanol–water partition coefficient (Wildman–Crippen LogP) is 4.81. The topological polar surface area (TPSA) is 89.5 Å². The van der Waals surface area contributed by atoms with E-state index < -0.39 is 0 Å². The summed E-state index contributed by atoms with van der Waals surface area (Å²) in [6.07, 6.45) is 3.09. The Bertz CT molecular complexity index is 1370. The summed E-state index contributed by atoms with van der Waals surface area (Å²) in [7, 11) is 1.55. The molecular weight excluding hydrogens is 474 g/mol. The highest BCUT2D eigenvalue weighted by Gasteiger charge is 2.20. The third kappa shape index (κ3) is 4.54. The quantitative estimate of drug-likeness (QED) is 0.397. The molecule has 4 heterocycles. The molecule has 1 aromatic carbocycles. The summed E-state index contributed by atoms with van der Waals surface area (Å²) in [4.78, 5) is 28.6. The molecule has 0 atom stereocenters. The first-order valence-electron chi connectivity index (χ1n) is 10.7. The van der Waals surface area contributed by atoms with Gasteiger partial charge in [-0.3, -0.25) is 15.1 Å². The van der Waals surface area contributed by atoms with Crippen LogP contribution in [0.15, 0.2) is 42.7 Å². The molecule has 0 radical (unpaired) electrons. The molecule has 0 aliphatic carbocycles. The van der Waals surface area contributed by atoms with Gasteiger partial charge in [-0.1, -0.05) is 22.9 Å². The molecule has 0 spiro atoms. The number of aromatic nitrogens is 3. The second-order valence-electron chi connectivity index (χ2n) is 7.80. The number of methoxy groups -OCH3 is 1. The number of morpholine rings is 1. The maximum Gasteiger partial charge on any atom is 0.259 e. The number of amides is 1. The number of hydrogen-bond acceptors (Lipinski definition) is 8. The Hall–Kier alpha value is -3.27. The average Bonchev–Trinajstić information content (AvgIpc) is 3.25. The minimum absolute atomic E-state index is 0.305. The van der Waals surface area contributed by atoms with E-state index in [2.05, 4.69) is 37.3 Å². The first-order valence-corrected chi connectivity index (χ1v) is 11.9. The van der Waals surface area contributed by atoms with E-state index in [9.17, 15) is 4.79 Å². The van der Waals surface area contributed by atoms with Crippen LogP contribution in [0.25, 0.3) is 21.3 Å². The standard InChI is InChI=1S/C24H22ClN5O3S/c1-14-9-16(17-11-22(25)27-13-20(17)32-2)18(12-26-14)23(31)29-24-28-19-4-3-15(10-21(19)34-24)30-5-7-33-8-6-30/h3-4,9-13H,5-8H2,1-2H3,(H,28,29,31). The Morgan fingerprint density at radius 3 is 2.76 bits per heavy atom. The fraction of sp³-hybridized carbons (Fsp3) is 0.250. The lowest BCUT2D eigenvalue weighted by Crippen LogP contribution is -2.36. The van der Waals surface area contributed by atoms with Gasteiger partial charge >= 0.3 is 0 Å². The number of thiazole rings is 1. The summed E-state index contributed by atoms with van der Waals surface area (Å²) in [6.45, 7) is 5.03. The number of nitrogens with zero attached hydrogens (tertiary/aromatic N) is 4. The highest BCUT2D eigenvalue weighted by molar-refractivity contribution is 7.22. The smallest absolute Gasteiger partial charge is 0.259 e. The zero-order chi connectivity index (χ0) is 23.7. The van der Waals surface area contributed by atoms with Gasteiger partial charge in [-0.25, -0.2) is 9.97 Å². The second-order valence-corrected chi connectivity index (χ2v) is 9.22. The molecular formula is C24H22ClN5O3S. The molecule has 1 N–H and O–H groups in total. The largest absolute Gasteiger partial charge is 0.494 e. The molecule has 1 saturated heterocycles. The van der Waals surface area contributed by atoms with Crippen LogP contribution in [-0.2, 0) is 4.74 Å². The van der Waals surface area contributed by atoms with Crippen molar-refractivity contribution in [2.24, 2.45) is 0 Å². The van der Waals surface area contributed by atoms with E-state index in [4.69, 9.17) is 21.1 Å². The number of halogens is 1. The Balaban J connectivity index is 1.45. The minimum atomic E-state index is -0.315. The van der Waals surface area contributed by atoms with Gasteiger partial charge in [0, 0.05) is 41.8 Å². The van der Waals surface area contributed by atoms with E-state index >= 15 is 0 Å². The summed E-state index contributed by atoms with van der Waals surface area (Å²) in [5.74, 6) is 0.199. The molecule has 10 heteroatoms. The van der Waals surface area contributed by atoms with Crippen LogP contribution in [0.3, 0.4) is 0 Å². The van der Waals surface area contributed by atoms with Crippen molar-refractivity contribution < 1.29 is 14.3 Å². The van der Waals surface area contributed by atoms with Crippen LogP contribution in [0.5, 0.6) is 5.75 Å². The normalized spacial score (nSPS) is 13.8. The number of carbonyl (C=O) groups excluding carboxylic acids is 1. The van der Waals surface area contributed by atoms with Gasteiger partial charge in [0.2, 0.25) is 0 Å². The third-order valence-electron chi connectivity index (χ3n) is 5.60. The Morgan fingerprint density at radius 2 is 1.97 bits per heavy atom. The van der Waals surface area contributed by atoms with Gasteiger partial charge < -0.3 is 14.4 Å². The number of carbonyl (C=O) groups is 1. The van der Waals surface area contributed by atoms with E-state index in [0.717, 1.165) is 47.9 Å². The van der Waals surface area contributed by atoms with Gasteiger partial charge in [0.15, 0.2) is 5.13 Å². The number of anilines is 2. The molecule has 0 unspecified atom stereocenters.